The monoisotopic (exact) mass is 307 g/mol. The van der Waals surface area contributed by atoms with E-state index in [1.165, 1.54) is 24.3 Å². The van der Waals surface area contributed by atoms with E-state index in [1.54, 1.807) is 0 Å². The molecule has 0 saturated heterocycles. The van der Waals surface area contributed by atoms with Gasteiger partial charge >= 0.3 is 6.36 Å². The van der Waals surface area contributed by atoms with Crippen molar-refractivity contribution >= 4 is 10.8 Å². The van der Waals surface area contributed by atoms with Crippen LogP contribution < -0.4 is 9.47 Å². The Balaban J connectivity index is 1.63. The van der Waals surface area contributed by atoms with E-state index >= 15 is 0 Å². The number of fused-ring (bicyclic) bond motifs is 1. The van der Waals surface area contributed by atoms with E-state index < -0.39 is 6.36 Å². The van der Waals surface area contributed by atoms with E-state index in [-0.39, 0.29) is 12.4 Å². The van der Waals surface area contributed by atoms with Crippen molar-refractivity contribution in [1.82, 2.24) is 4.98 Å². The molecule has 6 heteroatoms. The lowest BCUT2D eigenvalue weighted by atomic mass is 10.2. The van der Waals surface area contributed by atoms with Gasteiger partial charge in [-0.05, 0) is 41.3 Å². The van der Waals surface area contributed by atoms with Crippen molar-refractivity contribution in [3.63, 3.8) is 0 Å². The average Bonchev–Trinajstić information content (AvgIpc) is 2.92. The molecule has 3 aromatic rings. The number of rotatable bonds is 4. The summed E-state index contributed by atoms with van der Waals surface area (Å²) >= 11 is 0. The summed E-state index contributed by atoms with van der Waals surface area (Å²) < 4.78 is 45.6. The number of aromatic nitrogens is 1. The van der Waals surface area contributed by atoms with Gasteiger partial charge in [0.1, 0.15) is 18.1 Å². The first-order chi connectivity index (χ1) is 10.5. The Morgan fingerprint density at radius 3 is 2.27 bits per heavy atom. The molecule has 3 nitrogen and oxygen atoms in total. The molecule has 0 unspecified atom stereocenters. The third-order valence-electron chi connectivity index (χ3n) is 3.10. The average molecular weight is 307 g/mol. The fraction of sp³-hybridized carbons (Fsp3) is 0.125. The van der Waals surface area contributed by atoms with Gasteiger partial charge in [-0.1, -0.05) is 12.1 Å². The summed E-state index contributed by atoms with van der Waals surface area (Å²) in [6.45, 7) is 0.266. The van der Waals surface area contributed by atoms with Gasteiger partial charge in [-0.2, -0.15) is 0 Å². The van der Waals surface area contributed by atoms with Crippen LogP contribution in [0, 0.1) is 0 Å². The minimum atomic E-state index is -4.68. The van der Waals surface area contributed by atoms with Gasteiger partial charge in [0.2, 0.25) is 0 Å². The Labute approximate surface area is 124 Å². The normalized spacial score (nSPS) is 11.6. The molecule has 1 heterocycles. The molecule has 0 fully saturated rings. The number of H-pyrrole nitrogens is 1. The predicted octanol–water partition coefficient (Wildman–Crippen LogP) is 4.65. The Bertz CT molecular complexity index is 763. The van der Waals surface area contributed by atoms with Crippen LogP contribution in [0.25, 0.3) is 10.8 Å². The maximum absolute atomic E-state index is 12.1. The molecule has 0 aliphatic rings. The topological polar surface area (TPSA) is 34.2 Å². The number of benzene rings is 2. The van der Waals surface area contributed by atoms with Crippen LogP contribution >= 0.6 is 0 Å². The first-order valence-corrected chi connectivity index (χ1v) is 6.54. The first-order valence-electron chi connectivity index (χ1n) is 6.54. The van der Waals surface area contributed by atoms with Crippen LogP contribution in [0.5, 0.6) is 11.5 Å². The van der Waals surface area contributed by atoms with Crippen molar-refractivity contribution in [2.45, 2.75) is 13.0 Å². The lowest BCUT2D eigenvalue weighted by molar-refractivity contribution is -0.274. The minimum Gasteiger partial charge on any atom is -0.489 e. The second-order valence-electron chi connectivity index (χ2n) is 4.73. The number of halogens is 3. The maximum atomic E-state index is 12.1. The van der Waals surface area contributed by atoms with E-state index in [9.17, 15) is 13.2 Å². The Kier molecular flexibility index (Phi) is 3.66. The van der Waals surface area contributed by atoms with Gasteiger partial charge in [-0.25, -0.2) is 0 Å². The number of hydrogen-bond donors (Lipinski definition) is 1. The fourth-order valence-corrected chi connectivity index (χ4v) is 2.07. The highest BCUT2D eigenvalue weighted by molar-refractivity contribution is 5.83. The molecule has 2 aromatic carbocycles. The van der Waals surface area contributed by atoms with Gasteiger partial charge < -0.3 is 14.5 Å². The lowest BCUT2D eigenvalue weighted by Crippen LogP contribution is -2.17. The van der Waals surface area contributed by atoms with Crippen molar-refractivity contribution in [1.29, 1.82) is 0 Å². The third-order valence-corrected chi connectivity index (χ3v) is 3.10. The Hall–Kier alpha value is -2.63. The molecule has 22 heavy (non-hydrogen) atoms. The molecular weight excluding hydrogens is 295 g/mol. The van der Waals surface area contributed by atoms with Gasteiger partial charge in [-0.3, -0.25) is 0 Å². The SMILES string of the molecule is FC(F)(F)Oc1ccc(COc2ccc3c[nH]cc3c2)cc1. The van der Waals surface area contributed by atoms with Gasteiger partial charge in [0.15, 0.2) is 0 Å². The highest BCUT2D eigenvalue weighted by Gasteiger charge is 2.30. The predicted molar refractivity (Wildman–Crippen MR) is 75.8 cm³/mol. The van der Waals surface area contributed by atoms with Crippen molar-refractivity contribution in [2.24, 2.45) is 0 Å². The summed E-state index contributed by atoms with van der Waals surface area (Å²) in [5.74, 6) is 0.452. The minimum absolute atomic E-state index is 0.245. The van der Waals surface area contributed by atoms with E-state index in [0.29, 0.717) is 5.75 Å². The van der Waals surface area contributed by atoms with Crippen LogP contribution in [0.4, 0.5) is 13.2 Å². The lowest BCUT2D eigenvalue weighted by Gasteiger charge is -2.10. The summed E-state index contributed by atoms with van der Waals surface area (Å²) in [6.07, 6.45) is -0.923. The van der Waals surface area contributed by atoms with Gasteiger partial charge in [0.05, 0.1) is 0 Å². The molecule has 0 spiro atoms. The van der Waals surface area contributed by atoms with E-state index in [2.05, 4.69) is 9.72 Å². The summed E-state index contributed by atoms with van der Waals surface area (Å²) in [5, 5.41) is 2.12. The van der Waals surface area contributed by atoms with E-state index in [4.69, 9.17) is 4.74 Å². The van der Waals surface area contributed by atoms with Crippen molar-refractivity contribution < 1.29 is 22.6 Å². The number of hydrogen-bond acceptors (Lipinski definition) is 2. The molecule has 0 bridgehead atoms. The highest BCUT2D eigenvalue weighted by Crippen LogP contribution is 2.24. The first kappa shape index (κ1) is 14.3. The second-order valence-corrected chi connectivity index (χ2v) is 4.73. The zero-order chi connectivity index (χ0) is 15.6. The van der Waals surface area contributed by atoms with E-state index in [0.717, 1.165) is 16.3 Å². The molecule has 1 aromatic heterocycles. The number of nitrogens with one attached hydrogen (secondary N) is 1. The summed E-state index contributed by atoms with van der Waals surface area (Å²) in [4.78, 5) is 3.00. The molecule has 0 saturated carbocycles. The van der Waals surface area contributed by atoms with Crippen molar-refractivity contribution in [2.75, 3.05) is 0 Å². The van der Waals surface area contributed by atoms with Crippen molar-refractivity contribution in [3.05, 3.63) is 60.4 Å². The van der Waals surface area contributed by atoms with Crippen LogP contribution in [0.2, 0.25) is 0 Å². The van der Waals surface area contributed by atoms with Gasteiger partial charge in [0, 0.05) is 17.8 Å². The molecule has 3 rings (SSSR count). The molecule has 0 amide bonds. The Morgan fingerprint density at radius 1 is 0.864 bits per heavy atom. The van der Waals surface area contributed by atoms with Crippen LogP contribution in [0.15, 0.2) is 54.9 Å². The molecule has 1 N–H and O–H groups in total. The number of alkyl halides is 3. The molecule has 0 aliphatic heterocycles. The standard InChI is InChI=1S/C16H12F3NO2/c17-16(18,19)22-14-4-1-11(2-5-14)10-21-15-6-3-12-8-20-9-13(12)7-15/h1-9,20H,10H2. The summed E-state index contributed by atoms with van der Waals surface area (Å²) in [7, 11) is 0. The third kappa shape index (κ3) is 3.52. The molecule has 0 atom stereocenters. The molecule has 0 radical (unpaired) electrons. The quantitative estimate of drug-likeness (QED) is 0.761. The zero-order valence-electron chi connectivity index (χ0n) is 11.4. The van der Waals surface area contributed by atoms with Crippen LogP contribution in [-0.4, -0.2) is 11.3 Å². The molecule has 114 valence electrons. The molecular formula is C16H12F3NO2. The fourth-order valence-electron chi connectivity index (χ4n) is 2.07. The van der Waals surface area contributed by atoms with Gasteiger partial charge in [0.25, 0.3) is 0 Å². The summed E-state index contributed by atoms with van der Waals surface area (Å²) in [5.41, 5.74) is 0.753. The zero-order valence-corrected chi connectivity index (χ0v) is 11.4. The van der Waals surface area contributed by atoms with E-state index in [1.807, 2.05) is 30.6 Å². The maximum Gasteiger partial charge on any atom is 0.573 e. The number of ether oxygens (including phenoxy) is 2. The smallest absolute Gasteiger partial charge is 0.489 e. The van der Waals surface area contributed by atoms with Crippen LogP contribution in [0.3, 0.4) is 0 Å². The van der Waals surface area contributed by atoms with Crippen LogP contribution in [0.1, 0.15) is 5.56 Å². The van der Waals surface area contributed by atoms with Gasteiger partial charge in [-0.15, -0.1) is 13.2 Å². The summed E-state index contributed by atoms with van der Waals surface area (Å²) in [6, 6.07) is 11.3. The largest absolute Gasteiger partial charge is 0.573 e. The molecule has 0 aliphatic carbocycles. The highest BCUT2D eigenvalue weighted by atomic mass is 19.4. The van der Waals surface area contributed by atoms with Crippen LogP contribution in [-0.2, 0) is 6.61 Å². The van der Waals surface area contributed by atoms with Crippen molar-refractivity contribution in [3.8, 4) is 11.5 Å². The number of aromatic amines is 1. The Morgan fingerprint density at radius 2 is 1.55 bits per heavy atom. The second kappa shape index (κ2) is 5.63.